The highest BCUT2D eigenvalue weighted by Crippen LogP contribution is 2.19. The van der Waals surface area contributed by atoms with Gasteiger partial charge >= 0.3 is 0 Å². The number of ether oxygens (including phenoxy) is 1. The summed E-state index contributed by atoms with van der Waals surface area (Å²) in [5.74, 6) is -0.383. The molecule has 0 aliphatic heterocycles. The lowest BCUT2D eigenvalue weighted by Crippen LogP contribution is -2.44. The van der Waals surface area contributed by atoms with Gasteiger partial charge in [0.15, 0.2) is 0 Å². The Kier molecular flexibility index (Phi) is 13.7. The van der Waals surface area contributed by atoms with Crippen molar-refractivity contribution in [2.45, 2.75) is 77.7 Å². The van der Waals surface area contributed by atoms with E-state index in [1.54, 1.807) is 29.0 Å². The minimum Gasteiger partial charge on any atom is -0.385 e. The summed E-state index contributed by atoms with van der Waals surface area (Å²) in [6.07, 6.45) is 11.8. The second-order valence-corrected chi connectivity index (χ2v) is 10.6. The monoisotopic (exact) mass is 551 g/mol. The lowest BCUT2D eigenvalue weighted by Gasteiger charge is -2.28. The molecule has 2 aromatic carbocycles. The van der Waals surface area contributed by atoms with Gasteiger partial charge in [-0.3, -0.25) is 9.59 Å². The van der Waals surface area contributed by atoms with E-state index in [2.05, 4.69) is 18.0 Å². The van der Waals surface area contributed by atoms with Gasteiger partial charge in [-0.2, -0.15) is 0 Å². The zero-order valence-corrected chi connectivity index (χ0v) is 24.3. The van der Waals surface area contributed by atoms with Crippen LogP contribution < -0.4 is 0 Å². The van der Waals surface area contributed by atoms with Crippen molar-refractivity contribution in [2.24, 2.45) is 0 Å². The third-order valence-corrected chi connectivity index (χ3v) is 7.41. The van der Waals surface area contributed by atoms with Gasteiger partial charge in [0, 0.05) is 56.9 Å². The fourth-order valence-corrected chi connectivity index (χ4v) is 5.04. The zero-order valence-electron chi connectivity index (χ0n) is 24.3. The van der Waals surface area contributed by atoms with E-state index in [9.17, 15) is 14.0 Å². The molecule has 0 bridgehead atoms. The highest BCUT2D eigenvalue weighted by molar-refractivity contribution is 5.85. The summed E-state index contributed by atoms with van der Waals surface area (Å²) >= 11 is 0. The van der Waals surface area contributed by atoms with Gasteiger partial charge in [-0.1, -0.05) is 75.8 Å². The van der Waals surface area contributed by atoms with Crippen molar-refractivity contribution in [1.29, 1.82) is 0 Å². The van der Waals surface area contributed by atoms with Crippen molar-refractivity contribution in [1.82, 2.24) is 14.8 Å². The topological polar surface area (TPSA) is 65.6 Å². The van der Waals surface area contributed by atoms with Crippen LogP contribution in [0.2, 0.25) is 0 Å². The SMILES string of the molecule is CCCCCCCCCC(=O)N(CCCOC)CC(=O)N(CCc1c[nH]c2ccccc12)Cc1ccc(F)cc1. The van der Waals surface area contributed by atoms with Gasteiger partial charge in [0.1, 0.15) is 5.82 Å². The third kappa shape index (κ3) is 10.4. The van der Waals surface area contributed by atoms with Gasteiger partial charge < -0.3 is 19.5 Å². The molecule has 7 heteroatoms. The smallest absolute Gasteiger partial charge is 0.242 e. The van der Waals surface area contributed by atoms with Gasteiger partial charge in [0.25, 0.3) is 0 Å². The van der Waals surface area contributed by atoms with Crippen LogP contribution in [0.3, 0.4) is 0 Å². The standard InChI is InChI=1S/C33H46FN3O3/c1-3-4-5-6-7-8-9-15-32(38)36(21-12-23-40-2)26-33(39)37(25-27-16-18-29(34)19-17-27)22-20-28-24-35-31-14-11-10-13-30(28)31/h10-11,13-14,16-19,24,35H,3-9,12,15,20-23,25-26H2,1-2H3. The Balaban J connectivity index is 1.65. The second-order valence-electron chi connectivity index (χ2n) is 10.6. The highest BCUT2D eigenvalue weighted by Gasteiger charge is 2.22. The minimum atomic E-state index is -0.305. The number of para-hydroxylation sites is 1. The van der Waals surface area contributed by atoms with Crippen LogP contribution in [0.1, 0.15) is 75.8 Å². The summed E-state index contributed by atoms with van der Waals surface area (Å²) in [5, 5.41) is 1.14. The van der Waals surface area contributed by atoms with Crippen molar-refractivity contribution in [3.8, 4) is 0 Å². The Labute approximate surface area is 238 Å². The van der Waals surface area contributed by atoms with Crippen LogP contribution in [0.5, 0.6) is 0 Å². The summed E-state index contributed by atoms with van der Waals surface area (Å²) in [4.78, 5) is 33.7. The molecule has 6 nitrogen and oxygen atoms in total. The number of hydrogen-bond acceptors (Lipinski definition) is 3. The quantitative estimate of drug-likeness (QED) is 0.165. The van der Waals surface area contributed by atoms with Crippen molar-refractivity contribution >= 4 is 22.7 Å². The van der Waals surface area contributed by atoms with Crippen LogP contribution >= 0.6 is 0 Å². The molecule has 0 radical (unpaired) electrons. The van der Waals surface area contributed by atoms with Crippen LogP contribution in [0.4, 0.5) is 4.39 Å². The molecule has 0 atom stereocenters. The summed E-state index contributed by atoms with van der Waals surface area (Å²) in [5.41, 5.74) is 3.06. The number of rotatable bonds is 19. The van der Waals surface area contributed by atoms with E-state index in [1.807, 2.05) is 24.4 Å². The molecule has 1 N–H and O–H groups in total. The minimum absolute atomic E-state index is 0.0244. The average Bonchev–Trinajstić information content (AvgIpc) is 3.38. The molecular weight excluding hydrogens is 505 g/mol. The first-order valence-electron chi connectivity index (χ1n) is 14.9. The molecule has 0 saturated carbocycles. The lowest BCUT2D eigenvalue weighted by atomic mass is 10.1. The first-order valence-corrected chi connectivity index (χ1v) is 14.9. The van der Waals surface area contributed by atoms with Gasteiger partial charge in [0.2, 0.25) is 11.8 Å². The molecule has 3 aromatic rings. The summed E-state index contributed by atoms with van der Waals surface area (Å²) in [6.45, 7) is 4.13. The van der Waals surface area contributed by atoms with E-state index in [-0.39, 0.29) is 24.2 Å². The molecule has 0 unspecified atom stereocenters. The largest absolute Gasteiger partial charge is 0.385 e. The summed E-state index contributed by atoms with van der Waals surface area (Å²) in [6, 6.07) is 14.4. The Hall–Kier alpha value is -3.19. The zero-order chi connectivity index (χ0) is 28.6. The normalized spacial score (nSPS) is 11.2. The van der Waals surface area contributed by atoms with E-state index in [4.69, 9.17) is 4.74 Å². The molecule has 1 aromatic heterocycles. The molecule has 3 rings (SSSR count). The van der Waals surface area contributed by atoms with Crippen LogP contribution in [-0.4, -0.2) is 59.9 Å². The van der Waals surface area contributed by atoms with E-state index in [1.165, 1.54) is 37.8 Å². The number of carbonyl (C=O) groups is 2. The van der Waals surface area contributed by atoms with Gasteiger partial charge in [-0.15, -0.1) is 0 Å². The number of fused-ring (bicyclic) bond motifs is 1. The predicted octanol–water partition coefficient (Wildman–Crippen LogP) is 6.88. The Bertz CT molecular complexity index is 1160. The predicted molar refractivity (Wildman–Crippen MR) is 160 cm³/mol. The molecular formula is C33H46FN3O3. The molecule has 1 heterocycles. The number of amides is 2. The number of unbranched alkanes of at least 4 members (excludes halogenated alkanes) is 6. The Morgan fingerprint density at radius 2 is 1.57 bits per heavy atom. The Morgan fingerprint density at radius 3 is 2.33 bits per heavy atom. The number of aromatic amines is 1. The maximum atomic E-state index is 13.7. The van der Waals surface area contributed by atoms with Crippen LogP contribution in [-0.2, 0) is 27.3 Å². The molecule has 40 heavy (non-hydrogen) atoms. The molecule has 218 valence electrons. The van der Waals surface area contributed by atoms with Gasteiger partial charge in [-0.25, -0.2) is 4.39 Å². The van der Waals surface area contributed by atoms with Crippen molar-refractivity contribution in [2.75, 3.05) is 33.4 Å². The van der Waals surface area contributed by atoms with Crippen molar-refractivity contribution in [3.05, 3.63) is 71.7 Å². The molecule has 0 aliphatic carbocycles. The number of H-pyrrole nitrogens is 1. The van der Waals surface area contributed by atoms with Crippen molar-refractivity contribution < 1.29 is 18.7 Å². The number of carbonyl (C=O) groups excluding carboxylic acids is 2. The third-order valence-electron chi connectivity index (χ3n) is 7.41. The average molecular weight is 552 g/mol. The molecule has 0 fully saturated rings. The first kappa shape index (κ1) is 31.3. The number of nitrogens with zero attached hydrogens (tertiary/aromatic N) is 2. The molecule has 0 aliphatic rings. The van der Waals surface area contributed by atoms with Crippen LogP contribution in [0.25, 0.3) is 10.9 Å². The Morgan fingerprint density at radius 1 is 0.850 bits per heavy atom. The first-order chi connectivity index (χ1) is 19.5. The number of benzene rings is 2. The lowest BCUT2D eigenvalue weighted by molar-refractivity contribution is -0.141. The van der Waals surface area contributed by atoms with E-state index >= 15 is 0 Å². The van der Waals surface area contributed by atoms with E-state index < -0.39 is 0 Å². The second kappa shape index (κ2) is 17.5. The van der Waals surface area contributed by atoms with Crippen molar-refractivity contribution in [3.63, 3.8) is 0 Å². The number of hydrogen-bond donors (Lipinski definition) is 1. The number of aromatic nitrogens is 1. The number of nitrogens with one attached hydrogen (secondary N) is 1. The molecule has 2 amide bonds. The summed E-state index contributed by atoms with van der Waals surface area (Å²) in [7, 11) is 1.64. The highest BCUT2D eigenvalue weighted by atomic mass is 19.1. The summed E-state index contributed by atoms with van der Waals surface area (Å²) < 4.78 is 18.7. The van der Waals surface area contributed by atoms with Crippen LogP contribution in [0.15, 0.2) is 54.7 Å². The fourth-order valence-electron chi connectivity index (χ4n) is 5.04. The number of methoxy groups -OCH3 is 1. The number of halogens is 1. The van der Waals surface area contributed by atoms with Gasteiger partial charge in [0.05, 0.1) is 6.54 Å². The van der Waals surface area contributed by atoms with Gasteiger partial charge in [-0.05, 0) is 48.6 Å². The fraction of sp³-hybridized carbons (Fsp3) is 0.515. The molecule has 0 saturated heterocycles. The maximum absolute atomic E-state index is 13.7. The van der Waals surface area contributed by atoms with E-state index in [0.717, 1.165) is 41.3 Å². The van der Waals surface area contributed by atoms with E-state index in [0.29, 0.717) is 45.5 Å². The van der Waals surface area contributed by atoms with Crippen LogP contribution in [0, 0.1) is 5.82 Å². The maximum Gasteiger partial charge on any atom is 0.242 e. The molecule has 0 spiro atoms.